The zero-order chi connectivity index (χ0) is 30.1. The summed E-state index contributed by atoms with van der Waals surface area (Å²) in [6.07, 6.45) is 0.583. The molecule has 4 aromatic carbocycles. The fraction of sp³-hybridized carbons (Fsp3) is 0.235. The molecule has 0 aliphatic rings. The van der Waals surface area contributed by atoms with Crippen molar-refractivity contribution in [3.05, 3.63) is 113 Å². The third-order valence-corrected chi connectivity index (χ3v) is 7.04. The van der Waals surface area contributed by atoms with Crippen LogP contribution in [0.25, 0.3) is 11.1 Å². The summed E-state index contributed by atoms with van der Waals surface area (Å²) in [5.74, 6) is 0.101. The molecule has 0 heterocycles. The summed E-state index contributed by atoms with van der Waals surface area (Å²) in [4.78, 5) is 23.4. The summed E-state index contributed by atoms with van der Waals surface area (Å²) in [6, 6.07) is 27.6. The molecule has 0 aromatic heterocycles. The van der Waals surface area contributed by atoms with Gasteiger partial charge in [-0.05, 0) is 77.9 Å². The smallest absolute Gasteiger partial charge is 0.224 e. The maximum absolute atomic E-state index is 12.7. The highest BCUT2D eigenvalue weighted by Crippen LogP contribution is 2.27. The Kier molecular flexibility index (Phi) is 9.96. The van der Waals surface area contributed by atoms with Gasteiger partial charge in [-0.15, -0.1) is 0 Å². The molecular weight excluding hydrogens is 530 g/mol. The van der Waals surface area contributed by atoms with Crippen LogP contribution in [-0.2, 0) is 29.0 Å². The van der Waals surface area contributed by atoms with Crippen molar-refractivity contribution in [3.8, 4) is 22.6 Å². The van der Waals surface area contributed by atoms with E-state index in [0.29, 0.717) is 24.9 Å². The first kappa shape index (κ1) is 30.3. The van der Waals surface area contributed by atoms with E-state index in [2.05, 4.69) is 16.0 Å². The van der Waals surface area contributed by atoms with Gasteiger partial charge in [0.25, 0.3) is 0 Å². The molecule has 0 spiro atoms. The van der Waals surface area contributed by atoms with E-state index in [1.165, 1.54) is 6.07 Å². The molecule has 42 heavy (non-hydrogen) atoms. The molecule has 0 saturated heterocycles. The van der Waals surface area contributed by atoms with Gasteiger partial charge in [-0.2, -0.15) is 0 Å². The molecule has 218 valence electrons. The Labute approximate surface area is 246 Å². The summed E-state index contributed by atoms with van der Waals surface area (Å²) in [5, 5.41) is 38.8. The van der Waals surface area contributed by atoms with Crippen LogP contribution in [-0.4, -0.2) is 39.7 Å². The third-order valence-electron chi connectivity index (χ3n) is 7.04. The molecular formula is C34H37N3O5. The molecule has 8 heteroatoms. The van der Waals surface area contributed by atoms with E-state index in [1.54, 1.807) is 24.3 Å². The molecule has 0 saturated carbocycles. The number of aromatic hydroxyl groups is 2. The Morgan fingerprint density at radius 3 is 2.21 bits per heavy atom. The number of rotatable bonds is 13. The molecule has 4 rings (SSSR count). The summed E-state index contributed by atoms with van der Waals surface area (Å²) >= 11 is 0. The molecule has 4 aromatic rings. The van der Waals surface area contributed by atoms with Crippen molar-refractivity contribution in [1.29, 1.82) is 0 Å². The number of phenols is 2. The first-order chi connectivity index (χ1) is 20.1. The standard InChI is InChI=1S/C34H37N3O5/c1-34(2,37-21-32(41)28-12-15-31(40)30(18-28)36-22-38)19-25-5-3-4-24(16-25)17-33(42)35-20-23-6-8-26(9-7-23)27-10-13-29(39)14-11-27/h3-16,18,22,32,37,39-41H,17,19-21H2,1-2H3,(H,35,42)(H,36,38)/t32-/m0/s1. The normalized spacial score (nSPS) is 12.0. The number of aliphatic hydroxyl groups excluding tert-OH is 1. The number of hydrogen-bond acceptors (Lipinski definition) is 6. The largest absolute Gasteiger partial charge is 0.508 e. The van der Waals surface area contributed by atoms with Crippen LogP contribution < -0.4 is 16.0 Å². The highest BCUT2D eigenvalue weighted by molar-refractivity contribution is 5.78. The van der Waals surface area contributed by atoms with Gasteiger partial charge in [0.2, 0.25) is 12.3 Å². The van der Waals surface area contributed by atoms with Gasteiger partial charge in [-0.25, -0.2) is 0 Å². The van der Waals surface area contributed by atoms with E-state index >= 15 is 0 Å². The van der Waals surface area contributed by atoms with Gasteiger partial charge in [0.1, 0.15) is 11.5 Å². The zero-order valence-electron chi connectivity index (χ0n) is 23.8. The highest BCUT2D eigenvalue weighted by Gasteiger charge is 2.21. The molecule has 2 amide bonds. The van der Waals surface area contributed by atoms with Crippen LogP contribution in [0.4, 0.5) is 5.69 Å². The Balaban J connectivity index is 1.27. The monoisotopic (exact) mass is 567 g/mol. The highest BCUT2D eigenvalue weighted by atomic mass is 16.3. The minimum absolute atomic E-state index is 0.0624. The van der Waals surface area contributed by atoms with E-state index in [1.807, 2.05) is 74.5 Å². The van der Waals surface area contributed by atoms with E-state index in [4.69, 9.17) is 0 Å². The molecule has 6 N–H and O–H groups in total. The van der Waals surface area contributed by atoms with Crippen molar-refractivity contribution in [2.24, 2.45) is 0 Å². The average Bonchev–Trinajstić information content (AvgIpc) is 2.97. The minimum atomic E-state index is -0.837. The lowest BCUT2D eigenvalue weighted by Gasteiger charge is -2.28. The van der Waals surface area contributed by atoms with Crippen molar-refractivity contribution in [2.75, 3.05) is 11.9 Å². The second-order valence-electron chi connectivity index (χ2n) is 11.0. The van der Waals surface area contributed by atoms with E-state index in [9.17, 15) is 24.9 Å². The van der Waals surface area contributed by atoms with Crippen molar-refractivity contribution >= 4 is 18.0 Å². The second kappa shape index (κ2) is 13.8. The van der Waals surface area contributed by atoms with Gasteiger partial charge in [0.15, 0.2) is 0 Å². The number of carbonyl (C=O) groups excluding carboxylic acids is 2. The Morgan fingerprint density at radius 2 is 1.52 bits per heavy atom. The quantitative estimate of drug-likeness (QED) is 0.101. The summed E-state index contributed by atoms with van der Waals surface area (Å²) in [5.41, 5.74) is 5.49. The van der Waals surface area contributed by atoms with Gasteiger partial charge >= 0.3 is 0 Å². The molecule has 8 nitrogen and oxygen atoms in total. The summed E-state index contributed by atoms with van der Waals surface area (Å²) in [7, 11) is 0. The number of benzene rings is 4. The molecule has 0 aliphatic carbocycles. The Hall–Kier alpha value is -4.66. The lowest BCUT2D eigenvalue weighted by Crippen LogP contribution is -2.43. The molecule has 0 aliphatic heterocycles. The predicted octanol–water partition coefficient (Wildman–Crippen LogP) is 4.84. The van der Waals surface area contributed by atoms with Crippen molar-refractivity contribution in [1.82, 2.24) is 10.6 Å². The van der Waals surface area contributed by atoms with Crippen LogP contribution in [0.15, 0.2) is 91.0 Å². The molecule has 0 bridgehead atoms. The number of carbonyl (C=O) groups is 2. The van der Waals surface area contributed by atoms with Gasteiger partial charge in [0, 0.05) is 18.6 Å². The number of amides is 2. The number of anilines is 1. The summed E-state index contributed by atoms with van der Waals surface area (Å²) < 4.78 is 0. The maximum atomic E-state index is 12.7. The van der Waals surface area contributed by atoms with Crippen LogP contribution in [0, 0.1) is 0 Å². The van der Waals surface area contributed by atoms with Gasteiger partial charge < -0.3 is 31.3 Å². The molecule has 0 unspecified atom stereocenters. The lowest BCUT2D eigenvalue weighted by molar-refractivity contribution is -0.120. The van der Waals surface area contributed by atoms with E-state index in [0.717, 1.165) is 27.8 Å². The number of β-amino-alcohol motifs (C(OH)–C–C–N with tert-alkyl or cyclic N) is 1. The van der Waals surface area contributed by atoms with Gasteiger partial charge in [0.05, 0.1) is 18.2 Å². The second-order valence-corrected chi connectivity index (χ2v) is 11.0. The molecule has 0 fully saturated rings. The molecule has 0 radical (unpaired) electrons. The zero-order valence-corrected chi connectivity index (χ0v) is 23.8. The van der Waals surface area contributed by atoms with Gasteiger partial charge in [-0.1, -0.05) is 66.7 Å². The third kappa shape index (κ3) is 8.67. The van der Waals surface area contributed by atoms with Crippen molar-refractivity contribution in [3.63, 3.8) is 0 Å². The van der Waals surface area contributed by atoms with Gasteiger partial charge in [-0.3, -0.25) is 9.59 Å². The number of phenolic OH excluding ortho intramolecular Hbond substituents is 2. The van der Waals surface area contributed by atoms with Crippen LogP contribution in [0.3, 0.4) is 0 Å². The van der Waals surface area contributed by atoms with Crippen LogP contribution >= 0.6 is 0 Å². The predicted molar refractivity (Wildman–Crippen MR) is 164 cm³/mol. The topological polar surface area (TPSA) is 131 Å². The Morgan fingerprint density at radius 1 is 0.857 bits per heavy atom. The average molecular weight is 568 g/mol. The van der Waals surface area contributed by atoms with E-state index < -0.39 is 6.10 Å². The fourth-order valence-electron chi connectivity index (χ4n) is 4.77. The number of nitrogens with one attached hydrogen (secondary N) is 3. The maximum Gasteiger partial charge on any atom is 0.224 e. The van der Waals surface area contributed by atoms with Crippen molar-refractivity contribution < 1.29 is 24.9 Å². The Bertz CT molecular complexity index is 1500. The lowest BCUT2D eigenvalue weighted by atomic mass is 9.93. The number of hydrogen-bond donors (Lipinski definition) is 6. The van der Waals surface area contributed by atoms with Crippen LogP contribution in [0.2, 0.25) is 0 Å². The fourth-order valence-corrected chi connectivity index (χ4v) is 4.77. The number of aliphatic hydroxyl groups is 1. The van der Waals surface area contributed by atoms with Crippen molar-refractivity contribution in [2.45, 2.75) is 44.9 Å². The SMILES string of the molecule is CC(C)(Cc1cccc(CC(=O)NCc2ccc(-c3ccc(O)cc3)cc2)c1)NC[C@H](O)c1ccc(O)c(NC=O)c1. The molecule has 1 atom stereocenters. The van der Waals surface area contributed by atoms with E-state index in [-0.39, 0.29) is 41.6 Å². The first-order valence-corrected chi connectivity index (χ1v) is 13.8. The first-order valence-electron chi connectivity index (χ1n) is 13.8. The van der Waals surface area contributed by atoms with Crippen LogP contribution in [0.1, 0.15) is 42.2 Å². The minimum Gasteiger partial charge on any atom is -0.508 e. The summed E-state index contributed by atoms with van der Waals surface area (Å²) in [6.45, 7) is 4.79. The van der Waals surface area contributed by atoms with Crippen LogP contribution in [0.5, 0.6) is 11.5 Å².